The number of nitrogens with one attached hydrogen (secondary N) is 1. The third-order valence-corrected chi connectivity index (χ3v) is 5.33. The molecule has 9 nitrogen and oxygen atoms in total. The summed E-state index contributed by atoms with van der Waals surface area (Å²) in [6.07, 6.45) is -4.92. The Labute approximate surface area is 153 Å². The summed E-state index contributed by atoms with van der Waals surface area (Å²) in [5.41, 5.74) is 5.58. The summed E-state index contributed by atoms with van der Waals surface area (Å²) < 4.78 is 65.2. The van der Waals surface area contributed by atoms with Gasteiger partial charge in [-0.15, -0.1) is 0 Å². The molecular formula is C14H21F3N4O5S. The van der Waals surface area contributed by atoms with Crippen LogP contribution in [0.25, 0.3) is 0 Å². The Morgan fingerprint density at radius 3 is 2.30 bits per heavy atom. The fraction of sp³-hybridized carbons (Fsp3) is 0.714. The molecule has 0 saturated carbocycles. The van der Waals surface area contributed by atoms with Crippen molar-refractivity contribution in [2.24, 2.45) is 11.7 Å². The van der Waals surface area contributed by atoms with Crippen LogP contribution in [0.2, 0.25) is 0 Å². The maximum absolute atomic E-state index is 12.5. The average Bonchev–Trinajstić information content (AvgIpc) is 2.99. The van der Waals surface area contributed by atoms with Crippen molar-refractivity contribution in [2.45, 2.75) is 45.5 Å². The lowest BCUT2D eigenvalue weighted by molar-refractivity contribution is -0.159. The molecule has 0 aliphatic carbocycles. The highest BCUT2D eigenvalue weighted by molar-refractivity contribution is 7.91. The van der Waals surface area contributed by atoms with Gasteiger partial charge < -0.3 is 15.6 Å². The van der Waals surface area contributed by atoms with Crippen LogP contribution in [-0.4, -0.2) is 53.8 Å². The molecule has 27 heavy (non-hydrogen) atoms. The van der Waals surface area contributed by atoms with E-state index in [9.17, 15) is 31.2 Å². The molecule has 1 heterocycles. The van der Waals surface area contributed by atoms with E-state index >= 15 is 0 Å². The Morgan fingerprint density at radius 2 is 1.85 bits per heavy atom. The Kier molecular flexibility index (Phi) is 7.48. The quantitative estimate of drug-likeness (QED) is 0.558. The summed E-state index contributed by atoms with van der Waals surface area (Å²) in [5, 5.41) is 5.17. The van der Waals surface area contributed by atoms with Crippen LogP contribution >= 0.6 is 0 Å². The van der Waals surface area contributed by atoms with Gasteiger partial charge in [0.1, 0.15) is 0 Å². The largest absolute Gasteiger partial charge is 0.471 e. The second-order valence-corrected chi connectivity index (χ2v) is 8.49. The molecule has 154 valence electrons. The maximum atomic E-state index is 12.5. The Hall–Kier alpha value is -2.02. The third-order valence-electron chi connectivity index (χ3n) is 3.29. The smallest absolute Gasteiger partial charge is 0.344 e. The Morgan fingerprint density at radius 1 is 1.26 bits per heavy atom. The molecule has 0 aromatic carbocycles. The van der Waals surface area contributed by atoms with Crippen LogP contribution in [0.4, 0.5) is 13.2 Å². The van der Waals surface area contributed by atoms with Gasteiger partial charge in [0.15, 0.2) is 9.84 Å². The third kappa shape index (κ3) is 6.90. The highest BCUT2D eigenvalue weighted by Gasteiger charge is 2.40. The van der Waals surface area contributed by atoms with Crippen LogP contribution in [0.5, 0.6) is 0 Å². The van der Waals surface area contributed by atoms with Crippen LogP contribution in [0.3, 0.4) is 0 Å². The summed E-state index contributed by atoms with van der Waals surface area (Å²) in [6.45, 7) is 4.86. The van der Waals surface area contributed by atoms with Gasteiger partial charge in [0, 0.05) is 0 Å². The van der Waals surface area contributed by atoms with Crippen LogP contribution < -0.4 is 11.1 Å². The summed E-state index contributed by atoms with van der Waals surface area (Å²) >= 11 is 0. The molecule has 0 radical (unpaired) electrons. The Balaban J connectivity index is 2.80. The number of alkyl halides is 3. The summed E-state index contributed by atoms with van der Waals surface area (Å²) in [7, 11) is -3.59. The van der Waals surface area contributed by atoms with Gasteiger partial charge in [-0.2, -0.15) is 18.2 Å². The first-order valence-electron chi connectivity index (χ1n) is 7.98. The minimum absolute atomic E-state index is 0.00801. The normalized spacial score (nSPS) is 14.8. The van der Waals surface area contributed by atoms with Crippen molar-refractivity contribution >= 4 is 21.5 Å². The number of halogens is 3. The molecule has 0 aliphatic heterocycles. The number of sulfone groups is 1. The molecule has 2 atom stereocenters. The first-order valence-corrected chi connectivity index (χ1v) is 9.80. The van der Waals surface area contributed by atoms with Gasteiger partial charge in [-0.1, -0.05) is 25.9 Å². The topological polar surface area (TPSA) is 145 Å². The van der Waals surface area contributed by atoms with E-state index in [0.29, 0.717) is 0 Å². The molecule has 1 aromatic rings. The SMILES string of the molecule is CC[C@H](NC(=O)[C@@H](N)CS(=O)(=O)CC(C)C)C(=O)c1noc(C(F)(F)F)n1. The number of nitrogens with two attached hydrogens (primary N) is 1. The minimum Gasteiger partial charge on any atom is -0.344 e. The molecule has 13 heteroatoms. The maximum Gasteiger partial charge on any atom is 0.471 e. The van der Waals surface area contributed by atoms with E-state index in [0.717, 1.165) is 0 Å². The molecule has 0 saturated heterocycles. The van der Waals surface area contributed by atoms with Gasteiger partial charge in [0.25, 0.3) is 0 Å². The van der Waals surface area contributed by atoms with Crippen molar-refractivity contribution in [1.82, 2.24) is 15.5 Å². The van der Waals surface area contributed by atoms with E-state index in [1.165, 1.54) is 6.92 Å². The van der Waals surface area contributed by atoms with Crippen molar-refractivity contribution in [3.05, 3.63) is 11.7 Å². The molecule has 0 unspecified atom stereocenters. The molecule has 0 aliphatic rings. The average molecular weight is 414 g/mol. The molecule has 0 bridgehead atoms. The van der Waals surface area contributed by atoms with Gasteiger partial charge in [-0.25, -0.2) is 8.42 Å². The van der Waals surface area contributed by atoms with Gasteiger partial charge in [0.05, 0.1) is 23.6 Å². The zero-order chi connectivity index (χ0) is 21.0. The zero-order valence-corrected chi connectivity index (χ0v) is 15.7. The molecule has 1 amide bonds. The van der Waals surface area contributed by atoms with Crippen LogP contribution in [0.1, 0.15) is 43.7 Å². The number of hydrogen-bond donors (Lipinski definition) is 2. The molecular weight excluding hydrogens is 393 g/mol. The highest BCUT2D eigenvalue weighted by atomic mass is 32.2. The summed E-state index contributed by atoms with van der Waals surface area (Å²) in [4.78, 5) is 27.2. The lowest BCUT2D eigenvalue weighted by atomic mass is 10.1. The van der Waals surface area contributed by atoms with E-state index in [1.54, 1.807) is 13.8 Å². The zero-order valence-electron chi connectivity index (χ0n) is 14.9. The number of Topliss-reactive ketones (excluding diaryl/α,β-unsaturated/α-hetero) is 1. The summed E-state index contributed by atoms with van der Waals surface area (Å²) in [6, 6.07) is -2.72. The Bertz CT molecular complexity index is 776. The van der Waals surface area contributed by atoms with Crippen LogP contribution in [0, 0.1) is 5.92 Å². The van der Waals surface area contributed by atoms with Gasteiger partial charge in [0.2, 0.25) is 17.5 Å². The standard InChI is InChI=1S/C14H21F3N4O5S/c1-4-9(10(22)11-20-13(26-21-11)14(15,16)17)19-12(23)8(18)6-27(24,25)5-7(2)3/h7-9H,4-6,18H2,1-3H3,(H,19,23)/t8-,9-/m0/s1. The molecule has 3 N–H and O–H groups in total. The van der Waals surface area contributed by atoms with Crippen LogP contribution in [-0.2, 0) is 20.8 Å². The van der Waals surface area contributed by atoms with E-state index in [4.69, 9.17) is 5.73 Å². The van der Waals surface area contributed by atoms with Gasteiger partial charge in [-0.3, -0.25) is 9.59 Å². The number of hydrogen-bond acceptors (Lipinski definition) is 8. The summed E-state index contributed by atoms with van der Waals surface area (Å²) in [5.74, 6) is -5.42. The van der Waals surface area contributed by atoms with E-state index < -0.39 is 57.3 Å². The fourth-order valence-electron chi connectivity index (χ4n) is 2.15. The predicted molar refractivity (Wildman–Crippen MR) is 87.3 cm³/mol. The highest BCUT2D eigenvalue weighted by Crippen LogP contribution is 2.27. The second kappa shape index (κ2) is 8.78. The molecule has 0 spiro atoms. The number of nitrogens with zero attached hydrogens (tertiary/aromatic N) is 2. The monoisotopic (exact) mass is 414 g/mol. The van der Waals surface area contributed by atoms with E-state index in [-0.39, 0.29) is 18.1 Å². The molecule has 1 aromatic heterocycles. The minimum atomic E-state index is -4.91. The molecule has 0 fully saturated rings. The number of aromatic nitrogens is 2. The van der Waals surface area contributed by atoms with Crippen molar-refractivity contribution in [1.29, 1.82) is 0 Å². The van der Waals surface area contributed by atoms with E-state index in [1.807, 2.05) is 0 Å². The number of amides is 1. The van der Waals surface area contributed by atoms with Crippen molar-refractivity contribution in [3.8, 4) is 0 Å². The van der Waals surface area contributed by atoms with Crippen molar-refractivity contribution in [2.75, 3.05) is 11.5 Å². The fourth-order valence-corrected chi connectivity index (χ4v) is 4.00. The van der Waals surface area contributed by atoms with Crippen LogP contribution in [0.15, 0.2) is 4.52 Å². The lowest BCUT2D eigenvalue weighted by Gasteiger charge is -2.18. The number of ketones is 1. The number of rotatable bonds is 9. The number of carbonyl (C=O) groups excluding carboxylic acids is 2. The van der Waals surface area contributed by atoms with Gasteiger partial charge in [-0.05, 0) is 12.3 Å². The predicted octanol–water partition coefficient (Wildman–Crippen LogP) is 0.564. The second-order valence-electron chi connectivity index (χ2n) is 6.33. The van der Waals surface area contributed by atoms with Crippen molar-refractivity contribution < 1.29 is 35.7 Å². The first kappa shape index (κ1) is 23.0. The van der Waals surface area contributed by atoms with E-state index in [2.05, 4.69) is 20.0 Å². The molecule has 1 rings (SSSR count). The first-order chi connectivity index (χ1) is 12.3. The lowest BCUT2D eigenvalue weighted by Crippen LogP contribution is -2.51. The van der Waals surface area contributed by atoms with Gasteiger partial charge >= 0.3 is 12.1 Å². The van der Waals surface area contributed by atoms with Crippen molar-refractivity contribution in [3.63, 3.8) is 0 Å². The number of carbonyl (C=O) groups is 2.